The van der Waals surface area contributed by atoms with Crippen molar-refractivity contribution < 1.29 is 28.2 Å². The zero-order valence-corrected chi connectivity index (χ0v) is 17.6. The Morgan fingerprint density at radius 1 is 1.31 bits per heavy atom. The number of alkyl halides is 1. The van der Waals surface area contributed by atoms with Gasteiger partial charge in [-0.15, -0.1) is 0 Å². The molecule has 1 aromatic carbocycles. The zero-order chi connectivity index (χ0) is 19.7. The smallest absolute Gasteiger partial charge is 0.408 e. The van der Waals surface area contributed by atoms with Crippen molar-refractivity contribution in [3.05, 3.63) is 27.3 Å². The van der Waals surface area contributed by atoms with Gasteiger partial charge in [0, 0.05) is 9.99 Å². The number of carbonyl (C=O) groups is 2. The number of hydrogen-bond donors (Lipinski definition) is 1. The van der Waals surface area contributed by atoms with E-state index in [0.717, 1.165) is 9.13 Å². The average molecular weight is 481 g/mol. The van der Waals surface area contributed by atoms with Crippen LogP contribution in [0.5, 0.6) is 5.75 Å². The molecule has 1 rings (SSSR count). The molecule has 26 heavy (non-hydrogen) atoms. The van der Waals surface area contributed by atoms with Crippen molar-refractivity contribution in [1.82, 2.24) is 5.32 Å². The van der Waals surface area contributed by atoms with Gasteiger partial charge in [0.1, 0.15) is 30.7 Å². The van der Waals surface area contributed by atoms with Crippen LogP contribution in [0.15, 0.2) is 18.2 Å². The molecular weight excluding hydrogens is 456 g/mol. The third kappa shape index (κ3) is 8.20. The van der Waals surface area contributed by atoms with Crippen LogP contribution >= 0.6 is 22.6 Å². The number of benzene rings is 1. The third-order valence-electron chi connectivity index (χ3n) is 3.05. The number of amides is 1. The van der Waals surface area contributed by atoms with Gasteiger partial charge in [0.2, 0.25) is 0 Å². The van der Waals surface area contributed by atoms with E-state index in [4.69, 9.17) is 14.2 Å². The Bertz CT molecular complexity index is 618. The molecule has 0 aromatic heterocycles. The maximum absolute atomic E-state index is 12.3. The zero-order valence-electron chi connectivity index (χ0n) is 15.4. The summed E-state index contributed by atoms with van der Waals surface area (Å²) < 4.78 is 28.7. The van der Waals surface area contributed by atoms with Crippen molar-refractivity contribution in [1.29, 1.82) is 0 Å². The molecule has 146 valence electrons. The van der Waals surface area contributed by atoms with Crippen molar-refractivity contribution in [2.45, 2.75) is 45.8 Å². The SMILES string of the molecule is CCOC(=O)[C@H](Cc1cc(OCCF)ccc1I)NC(=O)OC(C)(C)C. The standard InChI is InChI=1S/C18H25FINO5/c1-5-24-16(22)15(21-17(23)26-18(2,3)4)11-12-10-13(25-9-8-19)6-7-14(12)20/h6-7,10,15H,5,8-9,11H2,1-4H3,(H,21,23)/t15-/m0/s1. The van der Waals surface area contributed by atoms with E-state index in [1.54, 1.807) is 45.9 Å². The number of halogens is 2. The lowest BCUT2D eigenvalue weighted by molar-refractivity contribution is -0.145. The first kappa shape index (κ1) is 22.5. The Kier molecular flexibility index (Phi) is 9.11. The minimum absolute atomic E-state index is 0.0442. The summed E-state index contributed by atoms with van der Waals surface area (Å²) in [5.74, 6) is -0.0535. The number of rotatable bonds is 8. The lowest BCUT2D eigenvalue weighted by atomic mass is 10.1. The number of carbonyl (C=O) groups excluding carboxylic acids is 2. The lowest BCUT2D eigenvalue weighted by Crippen LogP contribution is -2.45. The van der Waals surface area contributed by atoms with E-state index in [2.05, 4.69) is 27.9 Å². The first-order valence-corrected chi connectivity index (χ1v) is 9.37. The van der Waals surface area contributed by atoms with Crippen LogP contribution < -0.4 is 10.1 Å². The second-order valence-electron chi connectivity index (χ2n) is 6.45. The highest BCUT2D eigenvalue weighted by Gasteiger charge is 2.26. The van der Waals surface area contributed by atoms with E-state index in [9.17, 15) is 14.0 Å². The quantitative estimate of drug-likeness (QED) is 0.454. The fourth-order valence-electron chi connectivity index (χ4n) is 2.06. The van der Waals surface area contributed by atoms with E-state index in [1.807, 2.05) is 0 Å². The summed E-state index contributed by atoms with van der Waals surface area (Å²) in [5.41, 5.74) is 0.0914. The van der Waals surface area contributed by atoms with Crippen molar-refractivity contribution >= 4 is 34.7 Å². The predicted octanol–water partition coefficient (Wildman–Crippen LogP) is 3.64. The molecule has 0 spiro atoms. The number of nitrogens with one attached hydrogen (secondary N) is 1. The molecule has 0 bridgehead atoms. The first-order valence-electron chi connectivity index (χ1n) is 8.29. The maximum atomic E-state index is 12.3. The van der Waals surface area contributed by atoms with Gasteiger partial charge in [-0.1, -0.05) is 0 Å². The minimum atomic E-state index is -0.908. The van der Waals surface area contributed by atoms with Gasteiger partial charge in [-0.25, -0.2) is 14.0 Å². The van der Waals surface area contributed by atoms with E-state index in [1.165, 1.54) is 0 Å². The van der Waals surface area contributed by atoms with Crippen molar-refractivity contribution in [2.75, 3.05) is 19.9 Å². The molecule has 0 aliphatic heterocycles. The molecular formula is C18H25FINO5. The molecule has 0 radical (unpaired) electrons. The molecule has 0 fully saturated rings. The molecule has 0 saturated heterocycles. The van der Waals surface area contributed by atoms with Gasteiger partial charge >= 0.3 is 12.1 Å². The van der Waals surface area contributed by atoms with Crippen molar-refractivity contribution in [3.8, 4) is 5.75 Å². The molecule has 1 N–H and O–H groups in total. The third-order valence-corrected chi connectivity index (χ3v) is 4.10. The van der Waals surface area contributed by atoms with Crippen LogP contribution in [0.1, 0.15) is 33.3 Å². The van der Waals surface area contributed by atoms with E-state index in [0.29, 0.717) is 5.75 Å². The Labute approximate surface area is 166 Å². The highest BCUT2D eigenvalue weighted by atomic mass is 127. The van der Waals surface area contributed by atoms with E-state index < -0.39 is 30.4 Å². The molecule has 0 saturated carbocycles. The molecule has 1 aromatic rings. The van der Waals surface area contributed by atoms with Gasteiger partial charge in [0.15, 0.2) is 0 Å². The van der Waals surface area contributed by atoms with Gasteiger partial charge in [0.25, 0.3) is 0 Å². The summed E-state index contributed by atoms with van der Waals surface area (Å²) in [6.45, 7) is 6.46. The summed E-state index contributed by atoms with van der Waals surface area (Å²) in [6.07, 6.45) is -0.501. The maximum Gasteiger partial charge on any atom is 0.408 e. The summed E-state index contributed by atoms with van der Waals surface area (Å²) in [6, 6.07) is 4.34. The molecule has 0 heterocycles. The van der Waals surface area contributed by atoms with Gasteiger partial charge < -0.3 is 19.5 Å². The second-order valence-corrected chi connectivity index (χ2v) is 7.61. The van der Waals surface area contributed by atoms with Gasteiger partial charge in [0.05, 0.1) is 6.61 Å². The van der Waals surface area contributed by atoms with Crippen LogP contribution in [0.25, 0.3) is 0 Å². The minimum Gasteiger partial charge on any atom is -0.491 e. The number of ether oxygens (including phenoxy) is 3. The van der Waals surface area contributed by atoms with E-state index in [-0.39, 0.29) is 19.6 Å². The number of esters is 1. The van der Waals surface area contributed by atoms with Crippen LogP contribution in [0, 0.1) is 3.57 Å². The molecule has 0 unspecified atom stereocenters. The van der Waals surface area contributed by atoms with Gasteiger partial charge in [-0.3, -0.25) is 0 Å². The molecule has 1 amide bonds. The van der Waals surface area contributed by atoms with Crippen molar-refractivity contribution in [3.63, 3.8) is 0 Å². The summed E-state index contributed by atoms with van der Waals surface area (Å²) in [4.78, 5) is 24.3. The normalized spacial score (nSPS) is 12.2. The fourth-order valence-corrected chi connectivity index (χ4v) is 2.62. The average Bonchev–Trinajstić information content (AvgIpc) is 2.53. The molecule has 8 heteroatoms. The Balaban J connectivity index is 2.94. The largest absolute Gasteiger partial charge is 0.491 e. The summed E-state index contributed by atoms with van der Waals surface area (Å²) in [7, 11) is 0. The highest BCUT2D eigenvalue weighted by Crippen LogP contribution is 2.21. The Morgan fingerprint density at radius 3 is 2.58 bits per heavy atom. The molecule has 6 nitrogen and oxygen atoms in total. The Hall–Kier alpha value is -1.58. The highest BCUT2D eigenvalue weighted by molar-refractivity contribution is 14.1. The molecule has 1 atom stereocenters. The van der Waals surface area contributed by atoms with Crippen LogP contribution in [0.3, 0.4) is 0 Å². The van der Waals surface area contributed by atoms with Crippen molar-refractivity contribution in [2.24, 2.45) is 0 Å². The fraction of sp³-hybridized carbons (Fsp3) is 0.556. The monoisotopic (exact) mass is 481 g/mol. The predicted molar refractivity (Wildman–Crippen MR) is 104 cm³/mol. The van der Waals surface area contributed by atoms with Crippen LogP contribution in [-0.4, -0.2) is 43.6 Å². The number of alkyl carbamates (subject to hydrolysis) is 1. The van der Waals surface area contributed by atoms with Crippen LogP contribution in [-0.2, 0) is 20.7 Å². The topological polar surface area (TPSA) is 73.9 Å². The molecule has 0 aliphatic carbocycles. The summed E-state index contributed by atoms with van der Waals surface area (Å²) in [5, 5.41) is 2.56. The molecule has 0 aliphatic rings. The second kappa shape index (κ2) is 10.5. The van der Waals surface area contributed by atoms with Gasteiger partial charge in [-0.2, -0.15) is 0 Å². The van der Waals surface area contributed by atoms with Crippen LogP contribution in [0.2, 0.25) is 0 Å². The number of hydrogen-bond acceptors (Lipinski definition) is 5. The first-order chi connectivity index (χ1) is 12.2. The van der Waals surface area contributed by atoms with Gasteiger partial charge in [-0.05, 0) is 74.0 Å². The lowest BCUT2D eigenvalue weighted by Gasteiger charge is -2.23. The summed E-state index contributed by atoms with van der Waals surface area (Å²) >= 11 is 2.12. The Morgan fingerprint density at radius 2 is 2.00 bits per heavy atom. The van der Waals surface area contributed by atoms with E-state index >= 15 is 0 Å². The van der Waals surface area contributed by atoms with Crippen LogP contribution in [0.4, 0.5) is 9.18 Å².